The summed E-state index contributed by atoms with van der Waals surface area (Å²) in [5.41, 5.74) is 3.73. The topological polar surface area (TPSA) is 60.9 Å². The standard InChI is InChI=1S/C19H21N3O.2ClH/c23-19(17-8-3-4-10-21-17)14-12-18(16-9-5-11-20-16)22-15-7-2-1-6-13(14)15;;/h1-2,5-7,9,11-12,17,19-21,23H,3-4,8,10H2;2*1H. The first kappa shape index (κ1) is 19.7. The predicted octanol–water partition coefficient (Wildman–Crippen LogP) is 4.25. The van der Waals surface area contributed by atoms with Crippen molar-refractivity contribution in [2.75, 3.05) is 6.54 Å². The Labute approximate surface area is 159 Å². The van der Waals surface area contributed by atoms with Gasteiger partial charge in [-0.3, -0.25) is 0 Å². The second-order valence-electron chi connectivity index (χ2n) is 6.20. The van der Waals surface area contributed by atoms with Gasteiger partial charge in [-0.1, -0.05) is 24.6 Å². The molecule has 0 amide bonds. The van der Waals surface area contributed by atoms with Gasteiger partial charge in [-0.2, -0.15) is 0 Å². The van der Waals surface area contributed by atoms with Crippen LogP contribution in [0.2, 0.25) is 0 Å². The number of nitrogens with one attached hydrogen (secondary N) is 2. The van der Waals surface area contributed by atoms with Gasteiger partial charge in [-0.05, 0) is 49.2 Å². The molecule has 3 aromatic rings. The molecular weight excluding hydrogens is 357 g/mol. The molecule has 3 heterocycles. The van der Waals surface area contributed by atoms with Crippen molar-refractivity contribution in [3.05, 3.63) is 54.2 Å². The predicted molar refractivity (Wildman–Crippen MR) is 107 cm³/mol. The fourth-order valence-electron chi connectivity index (χ4n) is 3.44. The number of pyridine rings is 1. The van der Waals surface area contributed by atoms with Gasteiger partial charge < -0.3 is 15.4 Å². The number of aromatic amines is 1. The first-order valence-corrected chi connectivity index (χ1v) is 8.28. The Kier molecular flexibility index (Phi) is 6.85. The van der Waals surface area contributed by atoms with Crippen LogP contribution in [0.4, 0.5) is 0 Å². The van der Waals surface area contributed by atoms with Gasteiger partial charge in [-0.15, -0.1) is 24.8 Å². The zero-order valence-corrected chi connectivity index (χ0v) is 15.4. The molecule has 4 rings (SSSR count). The minimum Gasteiger partial charge on any atom is -0.387 e. The fourth-order valence-corrected chi connectivity index (χ4v) is 3.44. The van der Waals surface area contributed by atoms with Crippen molar-refractivity contribution < 1.29 is 5.11 Å². The van der Waals surface area contributed by atoms with Crippen molar-refractivity contribution in [1.82, 2.24) is 15.3 Å². The molecule has 25 heavy (non-hydrogen) atoms. The lowest BCUT2D eigenvalue weighted by atomic mass is 9.92. The second kappa shape index (κ2) is 8.68. The maximum atomic E-state index is 11.0. The Morgan fingerprint density at radius 1 is 1.08 bits per heavy atom. The van der Waals surface area contributed by atoms with E-state index in [0.29, 0.717) is 0 Å². The van der Waals surface area contributed by atoms with E-state index < -0.39 is 6.10 Å². The number of aromatic nitrogens is 2. The maximum Gasteiger partial charge on any atom is 0.0950 e. The van der Waals surface area contributed by atoms with Crippen LogP contribution in [0.15, 0.2) is 48.7 Å². The number of halogens is 2. The number of H-pyrrole nitrogens is 1. The van der Waals surface area contributed by atoms with Gasteiger partial charge in [0.2, 0.25) is 0 Å². The van der Waals surface area contributed by atoms with Crippen molar-refractivity contribution in [3.8, 4) is 11.4 Å². The number of hydrogen-bond donors (Lipinski definition) is 3. The molecule has 2 unspecified atom stereocenters. The van der Waals surface area contributed by atoms with Crippen LogP contribution < -0.4 is 5.32 Å². The highest BCUT2D eigenvalue weighted by Gasteiger charge is 2.25. The van der Waals surface area contributed by atoms with Crippen LogP contribution in [0.25, 0.3) is 22.3 Å². The third-order valence-corrected chi connectivity index (χ3v) is 4.67. The summed E-state index contributed by atoms with van der Waals surface area (Å²) in [5, 5.41) is 15.5. The van der Waals surface area contributed by atoms with Gasteiger partial charge in [0, 0.05) is 17.6 Å². The summed E-state index contributed by atoms with van der Waals surface area (Å²) in [4.78, 5) is 7.95. The smallest absolute Gasteiger partial charge is 0.0950 e. The van der Waals surface area contributed by atoms with E-state index in [2.05, 4.69) is 10.3 Å². The molecule has 1 aromatic carbocycles. The summed E-state index contributed by atoms with van der Waals surface area (Å²) in [7, 11) is 0. The van der Waals surface area contributed by atoms with E-state index in [1.165, 1.54) is 12.8 Å². The summed E-state index contributed by atoms with van der Waals surface area (Å²) in [6.07, 6.45) is 4.74. The van der Waals surface area contributed by atoms with E-state index in [-0.39, 0.29) is 30.9 Å². The number of hydrogen-bond acceptors (Lipinski definition) is 3. The van der Waals surface area contributed by atoms with Crippen LogP contribution in [0.1, 0.15) is 30.9 Å². The van der Waals surface area contributed by atoms with E-state index in [1.807, 2.05) is 48.7 Å². The van der Waals surface area contributed by atoms with Crippen molar-refractivity contribution >= 4 is 35.7 Å². The van der Waals surface area contributed by atoms with Crippen LogP contribution in [0.3, 0.4) is 0 Å². The van der Waals surface area contributed by atoms with Crippen LogP contribution in [0.5, 0.6) is 0 Å². The van der Waals surface area contributed by atoms with Gasteiger partial charge in [0.15, 0.2) is 0 Å². The van der Waals surface area contributed by atoms with Crippen LogP contribution in [0, 0.1) is 0 Å². The highest BCUT2D eigenvalue weighted by molar-refractivity contribution is 5.86. The third kappa shape index (κ3) is 3.98. The lowest BCUT2D eigenvalue weighted by molar-refractivity contribution is 0.115. The Morgan fingerprint density at radius 3 is 2.64 bits per heavy atom. The molecule has 0 saturated carbocycles. The molecule has 0 radical (unpaired) electrons. The van der Waals surface area contributed by atoms with Crippen LogP contribution in [-0.2, 0) is 0 Å². The molecule has 2 atom stereocenters. The Hall–Kier alpha value is -1.59. The monoisotopic (exact) mass is 379 g/mol. The summed E-state index contributed by atoms with van der Waals surface area (Å²) in [6, 6.07) is 14.2. The lowest BCUT2D eigenvalue weighted by Crippen LogP contribution is -2.38. The van der Waals surface area contributed by atoms with Gasteiger partial charge >= 0.3 is 0 Å². The number of fused-ring (bicyclic) bond motifs is 1. The molecule has 134 valence electrons. The molecule has 0 aliphatic carbocycles. The zero-order chi connectivity index (χ0) is 15.6. The number of piperidine rings is 1. The largest absolute Gasteiger partial charge is 0.387 e. The molecule has 0 spiro atoms. The van der Waals surface area contributed by atoms with E-state index >= 15 is 0 Å². The van der Waals surface area contributed by atoms with E-state index in [9.17, 15) is 5.11 Å². The summed E-state index contributed by atoms with van der Waals surface area (Å²) < 4.78 is 0. The summed E-state index contributed by atoms with van der Waals surface area (Å²) >= 11 is 0. The number of benzene rings is 1. The minimum atomic E-state index is -0.517. The van der Waals surface area contributed by atoms with Crippen molar-refractivity contribution in [1.29, 1.82) is 0 Å². The van der Waals surface area contributed by atoms with Crippen LogP contribution >= 0.6 is 24.8 Å². The SMILES string of the molecule is Cl.Cl.OC(c1cc(-c2ccc[nH]2)nc2ccccc12)C1CCCCN1. The van der Waals surface area contributed by atoms with Crippen molar-refractivity contribution in [2.24, 2.45) is 0 Å². The normalized spacial score (nSPS) is 18.2. The summed E-state index contributed by atoms with van der Waals surface area (Å²) in [6.45, 7) is 0.980. The number of aliphatic hydroxyl groups is 1. The zero-order valence-electron chi connectivity index (χ0n) is 13.8. The van der Waals surface area contributed by atoms with Gasteiger partial charge in [0.25, 0.3) is 0 Å². The fraction of sp³-hybridized carbons (Fsp3) is 0.316. The molecule has 1 saturated heterocycles. The molecular formula is C19H23Cl2N3O. The maximum absolute atomic E-state index is 11.0. The average molecular weight is 380 g/mol. The quantitative estimate of drug-likeness (QED) is 0.637. The molecule has 2 aromatic heterocycles. The average Bonchev–Trinajstić information content (AvgIpc) is 3.15. The van der Waals surface area contributed by atoms with Crippen molar-refractivity contribution in [2.45, 2.75) is 31.4 Å². The highest BCUT2D eigenvalue weighted by atomic mass is 35.5. The Bertz CT molecular complexity index is 802. The van der Waals surface area contributed by atoms with Gasteiger partial charge in [-0.25, -0.2) is 4.98 Å². The van der Waals surface area contributed by atoms with E-state index in [0.717, 1.165) is 40.8 Å². The number of para-hydroxylation sites is 1. The molecule has 6 heteroatoms. The number of rotatable bonds is 3. The third-order valence-electron chi connectivity index (χ3n) is 4.67. The molecule has 1 aliphatic heterocycles. The summed E-state index contributed by atoms with van der Waals surface area (Å²) in [5.74, 6) is 0. The Balaban J connectivity index is 0.00000113. The lowest BCUT2D eigenvalue weighted by Gasteiger charge is -2.29. The molecule has 4 nitrogen and oxygen atoms in total. The molecule has 3 N–H and O–H groups in total. The van der Waals surface area contributed by atoms with E-state index in [1.54, 1.807) is 0 Å². The van der Waals surface area contributed by atoms with E-state index in [4.69, 9.17) is 4.98 Å². The minimum absolute atomic E-state index is 0. The highest BCUT2D eigenvalue weighted by Crippen LogP contribution is 2.31. The molecule has 1 aliphatic rings. The van der Waals surface area contributed by atoms with Crippen LogP contribution in [-0.4, -0.2) is 27.7 Å². The first-order chi connectivity index (χ1) is 11.3. The Morgan fingerprint density at radius 2 is 1.92 bits per heavy atom. The molecule has 1 fully saturated rings. The first-order valence-electron chi connectivity index (χ1n) is 8.28. The number of aliphatic hydroxyl groups excluding tert-OH is 1. The number of nitrogens with zero attached hydrogens (tertiary/aromatic N) is 1. The van der Waals surface area contributed by atoms with Crippen molar-refractivity contribution in [3.63, 3.8) is 0 Å². The molecule has 0 bridgehead atoms. The van der Waals surface area contributed by atoms with Gasteiger partial charge in [0.1, 0.15) is 0 Å². The van der Waals surface area contributed by atoms with Gasteiger partial charge in [0.05, 0.1) is 23.0 Å². The second-order valence-corrected chi connectivity index (χ2v) is 6.20.